The number of amides is 1. The van der Waals surface area contributed by atoms with Crippen molar-refractivity contribution in [2.24, 2.45) is 0 Å². The van der Waals surface area contributed by atoms with E-state index in [1.807, 2.05) is 53.3 Å². The molecule has 0 saturated carbocycles. The first-order valence-electron chi connectivity index (χ1n) is 9.68. The average molecular weight is 381 g/mol. The second-order valence-electron chi connectivity index (χ2n) is 7.12. The van der Waals surface area contributed by atoms with Gasteiger partial charge in [-0.25, -0.2) is 0 Å². The predicted octanol–water partition coefficient (Wildman–Crippen LogP) is 4.84. The zero-order valence-electron chi connectivity index (χ0n) is 16.4. The SMILES string of the molecule is Cc1cccc(CNC(=O)c2ccccc2-c2ccc(Cn3cccn3)cc2)c1. The van der Waals surface area contributed by atoms with E-state index >= 15 is 0 Å². The van der Waals surface area contributed by atoms with E-state index in [0.717, 1.165) is 23.2 Å². The Labute approximate surface area is 170 Å². The number of benzene rings is 3. The van der Waals surface area contributed by atoms with Crippen molar-refractivity contribution in [3.63, 3.8) is 0 Å². The van der Waals surface area contributed by atoms with Gasteiger partial charge in [0, 0.05) is 24.5 Å². The predicted molar refractivity (Wildman–Crippen MR) is 116 cm³/mol. The van der Waals surface area contributed by atoms with Gasteiger partial charge in [0.1, 0.15) is 0 Å². The van der Waals surface area contributed by atoms with E-state index in [4.69, 9.17) is 0 Å². The largest absolute Gasteiger partial charge is 0.348 e. The Bertz CT molecular complexity index is 1100. The maximum Gasteiger partial charge on any atom is 0.252 e. The summed E-state index contributed by atoms with van der Waals surface area (Å²) in [5, 5.41) is 7.29. The molecule has 1 N–H and O–H groups in total. The molecule has 4 aromatic rings. The number of aryl methyl sites for hydroxylation is 1. The van der Waals surface area contributed by atoms with Gasteiger partial charge in [0.25, 0.3) is 5.91 Å². The Morgan fingerprint density at radius 1 is 0.931 bits per heavy atom. The molecule has 0 atom stereocenters. The van der Waals surface area contributed by atoms with Crippen LogP contribution in [0.2, 0.25) is 0 Å². The van der Waals surface area contributed by atoms with Crippen molar-refractivity contribution in [2.45, 2.75) is 20.0 Å². The Morgan fingerprint density at radius 2 is 1.76 bits per heavy atom. The first kappa shape index (κ1) is 18.7. The lowest BCUT2D eigenvalue weighted by molar-refractivity contribution is 0.0951. The number of carbonyl (C=O) groups excluding carboxylic acids is 1. The van der Waals surface area contributed by atoms with Crippen molar-refractivity contribution in [3.05, 3.63) is 114 Å². The molecular weight excluding hydrogens is 358 g/mol. The quantitative estimate of drug-likeness (QED) is 0.520. The van der Waals surface area contributed by atoms with E-state index in [9.17, 15) is 4.79 Å². The summed E-state index contributed by atoms with van der Waals surface area (Å²) in [5.41, 5.74) is 6.08. The normalized spacial score (nSPS) is 10.7. The molecule has 4 nitrogen and oxygen atoms in total. The lowest BCUT2D eigenvalue weighted by Crippen LogP contribution is -2.23. The second-order valence-corrected chi connectivity index (χ2v) is 7.12. The standard InChI is InChI=1S/C25H23N3O/c1-19-6-4-7-21(16-19)17-26-25(29)24-9-3-2-8-23(24)22-12-10-20(11-13-22)18-28-15-5-14-27-28/h2-16H,17-18H2,1H3,(H,26,29). The zero-order valence-corrected chi connectivity index (χ0v) is 16.4. The first-order chi connectivity index (χ1) is 14.2. The van der Waals surface area contributed by atoms with Gasteiger partial charge < -0.3 is 5.32 Å². The highest BCUT2D eigenvalue weighted by molar-refractivity contribution is 6.00. The highest BCUT2D eigenvalue weighted by atomic mass is 16.1. The van der Waals surface area contributed by atoms with Crippen LogP contribution in [0.15, 0.2) is 91.3 Å². The number of hydrogen-bond donors (Lipinski definition) is 1. The molecule has 0 fully saturated rings. The second kappa shape index (κ2) is 8.57. The molecule has 29 heavy (non-hydrogen) atoms. The van der Waals surface area contributed by atoms with Crippen LogP contribution in [0.4, 0.5) is 0 Å². The van der Waals surface area contributed by atoms with E-state index in [1.165, 1.54) is 11.1 Å². The highest BCUT2D eigenvalue weighted by Gasteiger charge is 2.12. The molecule has 0 saturated heterocycles. The van der Waals surface area contributed by atoms with Crippen LogP contribution in [0.3, 0.4) is 0 Å². The maximum absolute atomic E-state index is 12.9. The van der Waals surface area contributed by atoms with Crippen molar-refractivity contribution < 1.29 is 4.79 Å². The summed E-state index contributed by atoms with van der Waals surface area (Å²) in [6.07, 6.45) is 3.72. The Morgan fingerprint density at radius 3 is 2.52 bits per heavy atom. The molecule has 144 valence electrons. The third kappa shape index (κ3) is 4.61. The Kier molecular flexibility index (Phi) is 5.52. The third-order valence-corrected chi connectivity index (χ3v) is 4.88. The van der Waals surface area contributed by atoms with Crippen LogP contribution in [0.5, 0.6) is 0 Å². The van der Waals surface area contributed by atoms with Crippen LogP contribution < -0.4 is 5.32 Å². The summed E-state index contributed by atoms with van der Waals surface area (Å²) in [7, 11) is 0. The van der Waals surface area contributed by atoms with E-state index < -0.39 is 0 Å². The van der Waals surface area contributed by atoms with Crippen molar-refractivity contribution in [2.75, 3.05) is 0 Å². The molecule has 0 bridgehead atoms. The monoisotopic (exact) mass is 381 g/mol. The molecule has 4 rings (SSSR count). The fourth-order valence-corrected chi connectivity index (χ4v) is 3.40. The average Bonchev–Trinajstić information content (AvgIpc) is 3.26. The van der Waals surface area contributed by atoms with Crippen LogP contribution >= 0.6 is 0 Å². The summed E-state index contributed by atoms with van der Waals surface area (Å²) in [6, 6.07) is 26.1. The molecule has 0 aliphatic heterocycles. The summed E-state index contributed by atoms with van der Waals surface area (Å²) in [6.45, 7) is 3.29. The number of rotatable bonds is 6. The fraction of sp³-hybridized carbons (Fsp3) is 0.120. The number of aromatic nitrogens is 2. The van der Waals surface area contributed by atoms with Crippen molar-refractivity contribution in [1.29, 1.82) is 0 Å². The minimum atomic E-state index is -0.0669. The Balaban J connectivity index is 1.50. The minimum Gasteiger partial charge on any atom is -0.348 e. The summed E-state index contributed by atoms with van der Waals surface area (Å²) < 4.78 is 1.89. The first-order valence-corrected chi connectivity index (χ1v) is 9.68. The van der Waals surface area contributed by atoms with E-state index in [0.29, 0.717) is 12.1 Å². The number of hydrogen-bond acceptors (Lipinski definition) is 2. The summed E-state index contributed by atoms with van der Waals surface area (Å²) in [5.74, 6) is -0.0669. The van der Waals surface area contributed by atoms with Gasteiger partial charge in [-0.3, -0.25) is 9.48 Å². The molecule has 4 heteroatoms. The van der Waals surface area contributed by atoms with Gasteiger partial charge in [-0.2, -0.15) is 5.10 Å². The number of carbonyl (C=O) groups is 1. The molecule has 0 radical (unpaired) electrons. The fourth-order valence-electron chi connectivity index (χ4n) is 3.40. The van der Waals surface area contributed by atoms with E-state index in [2.05, 4.69) is 53.7 Å². The van der Waals surface area contributed by atoms with Gasteiger partial charge in [-0.15, -0.1) is 0 Å². The topological polar surface area (TPSA) is 46.9 Å². The zero-order chi connectivity index (χ0) is 20.1. The molecule has 1 aromatic heterocycles. The lowest BCUT2D eigenvalue weighted by atomic mass is 9.98. The smallest absolute Gasteiger partial charge is 0.252 e. The summed E-state index contributed by atoms with van der Waals surface area (Å²) >= 11 is 0. The Hall–Kier alpha value is -3.66. The van der Waals surface area contributed by atoms with Gasteiger partial charge >= 0.3 is 0 Å². The molecule has 0 spiro atoms. The summed E-state index contributed by atoms with van der Waals surface area (Å²) in [4.78, 5) is 12.9. The minimum absolute atomic E-state index is 0.0669. The molecule has 3 aromatic carbocycles. The van der Waals surface area contributed by atoms with Gasteiger partial charge in [0.05, 0.1) is 6.54 Å². The molecule has 1 amide bonds. The highest BCUT2D eigenvalue weighted by Crippen LogP contribution is 2.24. The van der Waals surface area contributed by atoms with Gasteiger partial charge in [0.2, 0.25) is 0 Å². The van der Waals surface area contributed by atoms with Crippen LogP contribution in [-0.2, 0) is 13.1 Å². The molecule has 0 aliphatic carbocycles. The molecule has 0 unspecified atom stereocenters. The molecule has 1 heterocycles. The van der Waals surface area contributed by atoms with Gasteiger partial charge in [-0.05, 0) is 41.3 Å². The van der Waals surface area contributed by atoms with E-state index in [-0.39, 0.29) is 5.91 Å². The number of nitrogens with one attached hydrogen (secondary N) is 1. The van der Waals surface area contributed by atoms with Crippen LogP contribution in [0, 0.1) is 6.92 Å². The van der Waals surface area contributed by atoms with Crippen molar-refractivity contribution in [3.8, 4) is 11.1 Å². The van der Waals surface area contributed by atoms with Crippen LogP contribution in [0.1, 0.15) is 27.0 Å². The van der Waals surface area contributed by atoms with Crippen LogP contribution in [0.25, 0.3) is 11.1 Å². The molecular formula is C25H23N3O. The van der Waals surface area contributed by atoms with Gasteiger partial charge in [-0.1, -0.05) is 72.3 Å². The van der Waals surface area contributed by atoms with Gasteiger partial charge in [0.15, 0.2) is 0 Å². The maximum atomic E-state index is 12.9. The van der Waals surface area contributed by atoms with Crippen molar-refractivity contribution in [1.82, 2.24) is 15.1 Å². The van der Waals surface area contributed by atoms with Crippen molar-refractivity contribution >= 4 is 5.91 Å². The third-order valence-electron chi connectivity index (χ3n) is 4.88. The molecule has 0 aliphatic rings. The lowest BCUT2D eigenvalue weighted by Gasteiger charge is -2.11. The van der Waals surface area contributed by atoms with Crippen LogP contribution in [-0.4, -0.2) is 15.7 Å². The van der Waals surface area contributed by atoms with E-state index in [1.54, 1.807) is 6.20 Å². The number of nitrogens with zero attached hydrogens (tertiary/aromatic N) is 2.